The largest absolute Gasteiger partial charge is 0.478 e. The van der Waals surface area contributed by atoms with Crippen LogP contribution in [0.15, 0.2) is 36.5 Å². The minimum absolute atomic E-state index is 0.176. The van der Waals surface area contributed by atoms with Crippen molar-refractivity contribution in [2.75, 3.05) is 0 Å². The van der Waals surface area contributed by atoms with Crippen LogP contribution in [0.25, 0.3) is 0 Å². The summed E-state index contributed by atoms with van der Waals surface area (Å²) in [5.74, 6) is -0.935. The third-order valence-electron chi connectivity index (χ3n) is 0.861. The van der Waals surface area contributed by atoms with Gasteiger partial charge in [-0.15, -0.1) is 0 Å². The van der Waals surface area contributed by atoms with E-state index in [0.717, 1.165) is 0 Å². The van der Waals surface area contributed by atoms with E-state index in [2.05, 4.69) is 6.58 Å². The van der Waals surface area contributed by atoms with Gasteiger partial charge in [-0.1, -0.05) is 30.9 Å². The number of aliphatic carboxylic acids is 1. The number of hydrogen-bond acceptors (Lipinski definition) is 1. The van der Waals surface area contributed by atoms with Crippen LogP contribution in [0.4, 0.5) is 0 Å². The summed E-state index contributed by atoms with van der Waals surface area (Å²) in [6, 6.07) is 0. The van der Waals surface area contributed by atoms with E-state index >= 15 is 0 Å². The minimum atomic E-state index is -0.935. The highest BCUT2D eigenvalue weighted by Gasteiger charge is 1.90. The second-order valence-electron chi connectivity index (χ2n) is 2.14. The lowest BCUT2D eigenvalue weighted by Crippen LogP contribution is -1.92. The number of carbonyl (C=O) groups is 1. The summed E-state index contributed by atoms with van der Waals surface area (Å²) in [6.45, 7) is 8.60. The predicted octanol–water partition coefficient (Wildman–Crippen LogP) is 2.79. The molecule has 0 bridgehead atoms. The summed E-state index contributed by atoms with van der Waals surface area (Å²) >= 11 is 0. The Bertz CT molecular complexity index is 166. The molecule has 0 amide bonds. The average molecular weight is 168 g/mol. The number of allylic oxidation sites excluding steroid dienone is 4. The SMILES string of the molecule is C=C(C)C(=O)O.CC=CC=CC. The van der Waals surface area contributed by atoms with Gasteiger partial charge in [0.2, 0.25) is 0 Å². The van der Waals surface area contributed by atoms with E-state index < -0.39 is 5.97 Å². The lowest BCUT2D eigenvalue weighted by molar-refractivity contribution is -0.132. The van der Waals surface area contributed by atoms with Gasteiger partial charge in [-0.05, 0) is 20.8 Å². The maximum absolute atomic E-state index is 9.60. The highest BCUT2D eigenvalue weighted by atomic mass is 16.4. The first kappa shape index (κ1) is 13.3. The Hall–Kier alpha value is -1.31. The van der Waals surface area contributed by atoms with Crippen molar-refractivity contribution in [3.05, 3.63) is 36.5 Å². The topological polar surface area (TPSA) is 37.3 Å². The van der Waals surface area contributed by atoms with E-state index in [4.69, 9.17) is 5.11 Å². The van der Waals surface area contributed by atoms with Gasteiger partial charge in [0.05, 0.1) is 0 Å². The summed E-state index contributed by atoms with van der Waals surface area (Å²) in [5.41, 5.74) is 0.176. The minimum Gasteiger partial charge on any atom is -0.478 e. The first-order valence-electron chi connectivity index (χ1n) is 3.69. The average Bonchev–Trinajstić information content (AvgIpc) is 2.02. The maximum atomic E-state index is 9.60. The molecule has 0 saturated carbocycles. The fourth-order valence-corrected chi connectivity index (χ4v) is 0.222. The van der Waals surface area contributed by atoms with Gasteiger partial charge in [0, 0.05) is 5.57 Å². The molecule has 2 heteroatoms. The molecule has 0 aromatic rings. The molecule has 12 heavy (non-hydrogen) atoms. The molecule has 0 aliphatic heterocycles. The molecule has 0 spiro atoms. The van der Waals surface area contributed by atoms with Crippen LogP contribution in [0.2, 0.25) is 0 Å². The number of carboxylic acids is 1. The van der Waals surface area contributed by atoms with Crippen molar-refractivity contribution in [1.82, 2.24) is 0 Å². The van der Waals surface area contributed by atoms with Crippen LogP contribution in [0.1, 0.15) is 20.8 Å². The van der Waals surface area contributed by atoms with Crippen LogP contribution in [0.5, 0.6) is 0 Å². The van der Waals surface area contributed by atoms with Crippen molar-refractivity contribution in [1.29, 1.82) is 0 Å². The molecule has 2 nitrogen and oxygen atoms in total. The molecule has 0 heterocycles. The molecular weight excluding hydrogens is 152 g/mol. The molecule has 0 fully saturated rings. The van der Waals surface area contributed by atoms with Crippen molar-refractivity contribution in [3.8, 4) is 0 Å². The van der Waals surface area contributed by atoms with E-state index in [-0.39, 0.29) is 5.57 Å². The van der Waals surface area contributed by atoms with Gasteiger partial charge in [-0.25, -0.2) is 4.79 Å². The van der Waals surface area contributed by atoms with Crippen LogP contribution < -0.4 is 0 Å². The Labute approximate surface area is 73.9 Å². The van der Waals surface area contributed by atoms with Crippen LogP contribution >= 0.6 is 0 Å². The van der Waals surface area contributed by atoms with Crippen LogP contribution in [0.3, 0.4) is 0 Å². The van der Waals surface area contributed by atoms with Crippen LogP contribution in [-0.4, -0.2) is 11.1 Å². The zero-order valence-electron chi connectivity index (χ0n) is 7.87. The molecule has 0 aromatic heterocycles. The zero-order chi connectivity index (χ0) is 9.98. The summed E-state index contributed by atoms with van der Waals surface area (Å²) in [4.78, 5) is 9.60. The van der Waals surface area contributed by atoms with Crippen LogP contribution in [-0.2, 0) is 4.79 Å². The van der Waals surface area contributed by atoms with Gasteiger partial charge in [0.15, 0.2) is 0 Å². The Morgan fingerprint density at radius 3 is 1.58 bits per heavy atom. The molecule has 0 saturated heterocycles. The van der Waals surface area contributed by atoms with Gasteiger partial charge >= 0.3 is 5.97 Å². The second-order valence-corrected chi connectivity index (χ2v) is 2.14. The Balaban J connectivity index is 0. The monoisotopic (exact) mass is 168 g/mol. The predicted molar refractivity (Wildman–Crippen MR) is 52.1 cm³/mol. The van der Waals surface area contributed by atoms with Crippen molar-refractivity contribution < 1.29 is 9.90 Å². The quantitative estimate of drug-likeness (QED) is 0.508. The summed E-state index contributed by atoms with van der Waals surface area (Å²) in [6.07, 6.45) is 8.00. The van der Waals surface area contributed by atoms with E-state index in [1.807, 2.05) is 38.2 Å². The molecule has 0 rings (SSSR count). The molecule has 0 aliphatic rings. The number of hydrogen-bond donors (Lipinski definition) is 1. The van der Waals surface area contributed by atoms with Gasteiger partial charge in [0.25, 0.3) is 0 Å². The molecule has 0 unspecified atom stereocenters. The molecular formula is C10H16O2. The number of rotatable bonds is 2. The van der Waals surface area contributed by atoms with E-state index in [0.29, 0.717) is 0 Å². The van der Waals surface area contributed by atoms with E-state index in [1.54, 1.807) is 0 Å². The van der Waals surface area contributed by atoms with Crippen molar-refractivity contribution >= 4 is 5.97 Å². The van der Waals surface area contributed by atoms with Crippen LogP contribution in [0, 0.1) is 0 Å². The van der Waals surface area contributed by atoms with Crippen molar-refractivity contribution in [2.45, 2.75) is 20.8 Å². The molecule has 0 aromatic carbocycles. The Morgan fingerprint density at radius 2 is 1.50 bits per heavy atom. The van der Waals surface area contributed by atoms with Crippen molar-refractivity contribution in [3.63, 3.8) is 0 Å². The fraction of sp³-hybridized carbons (Fsp3) is 0.300. The molecule has 0 atom stereocenters. The van der Waals surface area contributed by atoms with E-state index in [9.17, 15) is 4.79 Å². The van der Waals surface area contributed by atoms with Gasteiger partial charge in [-0.3, -0.25) is 0 Å². The highest BCUT2D eigenvalue weighted by molar-refractivity contribution is 5.84. The molecule has 0 aliphatic carbocycles. The first-order valence-corrected chi connectivity index (χ1v) is 3.69. The lowest BCUT2D eigenvalue weighted by Gasteiger charge is -1.79. The Morgan fingerprint density at radius 1 is 1.25 bits per heavy atom. The highest BCUT2D eigenvalue weighted by Crippen LogP contribution is 1.81. The molecule has 1 N–H and O–H groups in total. The third kappa shape index (κ3) is 15.9. The lowest BCUT2D eigenvalue weighted by atomic mass is 10.4. The maximum Gasteiger partial charge on any atom is 0.330 e. The molecule has 0 radical (unpaired) electrons. The van der Waals surface area contributed by atoms with Gasteiger partial charge in [-0.2, -0.15) is 0 Å². The summed E-state index contributed by atoms with van der Waals surface area (Å²) in [7, 11) is 0. The second kappa shape index (κ2) is 9.69. The standard InChI is InChI=1S/C6H10.C4H6O2/c1-3-5-6-4-2;1-3(2)4(5)6/h3-6H,1-2H3;1H2,2H3,(H,5,6). The fourth-order valence-electron chi connectivity index (χ4n) is 0.222. The Kier molecular flexibility index (Phi) is 10.7. The normalized spacial score (nSPS) is 9.58. The van der Waals surface area contributed by atoms with Gasteiger partial charge < -0.3 is 5.11 Å². The number of carboxylic acid groups (broad SMARTS) is 1. The summed E-state index contributed by atoms with van der Waals surface area (Å²) in [5, 5.41) is 7.89. The van der Waals surface area contributed by atoms with Gasteiger partial charge in [0.1, 0.15) is 0 Å². The third-order valence-corrected chi connectivity index (χ3v) is 0.861. The first-order chi connectivity index (χ1) is 5.56. The van der Waals surface area contributed by atoms with E-state index in [1.165, 1.54) is 6.92 Å². The van der Waals surface area contributed by atoms with Crippen molar-refractivity contribution in [2.24, 2.45) is 0 Å². The molecule has 68 valence electrons. The smallest absolute Gasteiger partial charge is 0.330 e. The zero-order valence-corrected chi connectivity index (χ0v) is 7.87. The summed E-state index contributed by atoms with van der Waals surface area (Å²) < 4.78 is 0.